The van der Waals surface area contributed by atoms with Crippen LogP contribution in [-0.4, -0.2) is 18.4 Å². The zero-order valence-electron chi connectivity index (χ0n) is 11.2. The number of nitrogens with one attached hydrogen (secondary N) is 1. The van der Waals surface area contributed by atoms with E-state index in [-0.39, 0.29) is 18.4 Å². The SMILES string of the molecule is O=C1CN(C(=O)c2ccc(CBr)cc2)c2ccccc2N1. The van der Waals surface area contributed by atoms with Gasteiger partial charge in [-0.3, -0.25) is 14.5 Å². The second-order valence-corrected chi connectivity index (χ2v) is 5.35. The summed E-state index contributed by atoms with van der Waals surface area (Å²) < 4.78 is 0. The summed E-state index contributed by atoms with van der Waals surface area (Å²) in [5.74, 6) is -0.349. The Hall–Kier alpha value is -2.14. The molecule has 3 rings (SSSR count). The molecule has 0 fully saturated rings. The maximum absolute atomic E-state index is 12.6. The van der Waals surface area contributed by atoms with E-state index in [2.05, 4.69) is 21.2 Å². The molecule has 0 bridgehead atoms. The topological polar surface area (TPSA) is 49.4 Å². The van der Waals surface area contributed by atoms with E-state index in [9.17, 15) is 9.59 Å². The molecule has 1 N–H and O–H groups in total. The molecule has 0 aliphatic carbocycles. The van der Waals surface area contributed by atoms with Crippen LogP contribution in [0.5, 0.6) is 0 Å². The van der Waals surface area contributed by atoms with Crippen molar-refractivity contribution in [1.82, 2.24) is 0 Å². The highest BCUT2D eigenvalue weighted by atomic mass is 79.9. The van der Waals surface area contributed by atoms with E-state index in [1.807, 2.05) is 30.3 Å². The number of alkyl halides is 1. The van der Waals surface area contributed by atoms with Crippen LogP contribution >= 0.6 is 15.9 Å². The predicted octanol–water partition coefficient (Wildman–Crippen LogP) is 3.18. The van der Waals surface area contributed by atoms with Gasteiger partial charge in [-0.1, -0.05) is 40.2 Å². The molecule has 5 heteroatoms. The van der Waals surface area contributed by atoms with Crippen molar-refractivity contribution in [2.24, 2.45) is 0 Å². The van der Waals surface area contributed by atoms with Gasteiger partial charge in [-0.15, -0.1) is 0 Å². The lowest BCUT2D eigenvalue weighted by molar-refractivity contribution is -0.115. The molecule has 0 saturated carbocycles. The Morgan fingerprint density at radius 2 is 1.86 bits per heavy atom. The largest absolute Gasteiger partial charge is 0.323 e. The Morgan fingerprint density at radius 3 is 2.57 bits per heavy atom. The lowest BCUT2D eigenvalue weighted by Crippen LogP contribution is -2.42. The molecular formula is C16H13BrN2O2. The van der Waals surface area contributed by atoms with Crippen molar-refractivity contribution in [3.8, 4) is 0 Å². The first-order valence-corrected chi connectivity index (χ1v) is 7.67. The lowest BCUT2D eigenvalue weighted by atomic mass is 10.1. The molecule has 1 aliphatic heterocycles. The fraction of sp³-hybridized carbons (Fsp3) is 0.125. The van der Waals surface area contributed by atoms with Crippen molar-refractivity contribution in [2.45, 2.75) is 5.33 Å². The van der Waals surface area contributed by atoms with Crippen molar-refractivity contribution in [3.05, 3.63) is 59.7 Å². The van der Waals surface area contributed by atoms with Gasteiger partial charge in [-0.05, 0) is 29.8 Å². The summed E-state index contributed by atoms with van der Waals surface area (Å²) in [5.41, 5.74) is 3.07. The number of fused-ring (bicyclic) bond motifs is 1. The Kier molecular flexibility index (Phi) is 3.75. The summed E-state index contributed by atoms with van der Waals surface area (Å²) in [7, 11) is 0. The summed E-state index contributed by atoms with van der Waals surface area (Å²) in [6.45, 7) is 0.0377. The fourth-order valence-corrected chi connectivity index (χ4v) is 2.68. The third-order valence-electron chi connectivity index (χ3n) is 3.37. The second-order valence-electron chi connectivity index (χ2n) is 4.79. The molecule has 1 aliphatic rings. The number of benzene rings is 2. The normalized spacial score (nSPS) is 13.6. The van der Waals surface area contributed by atoms with E-state index in [1.54, 1.807) is 18.2 Å². The first-order valence-electron chi connectivity index (χ1n) is 6.54. The fourth-order valence-electron chi connectivity index (χ4n) is 2.31. The Bertz CT molecular complexity index is 698. The maximum atomic E-state index is 12.6. The highest BCUT2D eigenvalue weighted by Crippen LogP contribution is 2.30. The first kappa shape index (κ1) is 13.8. The Morgan fingerprint density at radius 1 is 1.14 bits per heavy atom. The Balaban J connectivity index is 1.95. The van der Waals surface area contributed by atoms with Crippen molar-refractivity contribution < 1.29 is 9.59 Å². The molecule has 0 aromatic heterocycles. The standard InChI is InChI=1S/C16H13BrN2O2/c17-9-11-5-7-12(8-6-11)16(21)19-10-15(20)18-13-3-1-2-4-14(13)19/h1-8H,9-10H2,(H,18,20). The van der Waals surface area contributed by atoms with Gasteiger partial charge in [0, 0.05) is 10.9 Å². The van der Waals surface area contributed by atoms with Gasteiger partial charge < -0.3 is 5.32 Å². The number of amides is 2. The number of nitrogens with zero attached hydrogens (tertiary/aromatic N) is 1. The van der Waals surface area contributed by atoms with Crippen LogP contribution < -0.4 is 10.2 Å². The number of carbonyl (C=O) groups is 2. The summed E-state index contributed by atoms with van der Waals surface area (Å²) in [5, 5.41) is 3.52. The van der Waals surface area contributed by atoms with E-state index in [4.69, 9.17) is 0 Å². The van der Waals surface area contributed by atoms with E-state index in [1.165, 1.54) is 4.90 Å². The van der Waals surface area contributed by atoms with Crippen LogP contribution in [0, 0.1) is 0 Å². The zero-order chi connectivity index (χ0) is 14.8. The van der Waals surface area contributed by atoms with Gasteiger partial charge >= 0.3 is 0 Å². The molecule has 2 amide bonds. The van der Waals surface area contributed by atoms with E-state index in [0.29, 0.717) is 11.3 Å². The summed E-state index contributed by atoms with van der Waals surface area (Å²) in [6.07, 6.45) is 0. The second kappa shape index (κ2) is 5.69. The molecule has 0 radical (unpaired) electrons. The van der Waals surface area contributed by atoms with Gasteiger partial charge in [0.25, 0.3) is 5.91 Å². The average molecular weight is 345 g/mol. The smallest absolute Gasteiger partial charge is 0.258 e. The van der Waals surface area contributed by atoms with Gasteiger partial charge in [0.1, 0.15) is 6.54 Å². The van der Waals surface area contributed by atoms with Crippen molar-refractivity contribution in [2.75, 3.05) is 16.8 Å². The van der Waals surface area contributed by atoms with Crippen molar-refractivity contribution >= 4 is 39.1 Å². The number of hydrogen-bond donors (Lipinski definition) is 1. The van der Waals surface area contributed by atoms with Gasteiger partial charge in [-0.2, -0.15) is 0 Å². The molecule has 2 aromatic rings. The van der Waals surface area contributed by atoms with Crippen molar-refractivity contribution in [3.63, 3.8) is 0 Å². The Labute approximate surface area is 130 Å². The quantitative estimate of drug-likeness (QED) is 0.850. The minimum absolute atomic E-state index is 0.0377. The number of carbonyl (C=O) groups excluding carboxylic acids is 2. The number of anilines is 2. The van der Waals surface area contributed by atoms with Crippen LogP contribution in [0.2, 0.25) is 0 Å². The number of halogens is 1. The van der Waals surface area contributed by atoms with E-state index >= 15 is 0 Å². The summed E-state index contributed by atoms with van der Waals surface area (Å²) in [6, 6.07) is 14.7. The average Bonchev–Trinajstić information content (AvgIpc) is 2.53. The van der Waals surface area contributed by atoms with E-state index < -0.39 is 0 Å². The third kappa shape index (κ3) is 2.69. The number of hydrogen-bond acceptors (Lipinski definition) is 2. The zero-order valence-corrected chi connectivity index (χ0v) is 12.8. The minimum Gasteiger partial charge on any atom is -0.323 e. The predicted molar refractivity (Wildman–Crippen MR) is 85.8 cm³/mol. The molecule has 2 aromatic carbocycles. The minimum atomic E-state index is -0.181. The molecular weight excluding hydrogens is 332 g/mol. The highest BCUT2D eigenvalue weighted by Gasteiger charge is 2.27. The molecule has 0 unspecified atom stereocenters. The maximum Gasteiger partial charge on any atom is 0.258 e. The van der Waals surface area contributed by atoms with Crippen LogP contribution in [0.25, 0.3) is 0 Å². The van der Waals surface area contributed by atoms with Crippen LogP contribution in [0.1, 0.15) is 15.9 Å². The van der Waals surface area contributed by atoms with Crippen LogP contribution in [-0.2, 0) is 10.1 Å². The first-order chi connectivity index (χ1) is 10.2. The molecule has 1 heterocycles. The van der Waals surface area contributed by atoms with Gasteiger partial charge in [-0.25, -0.2) is 0 Å². The van der Waals surface area contributed by atoms with Crippen LogP contribution in [0.3, 0.4) is 0 Å². The highest BCUT2D eigenvalue weighted by molar-refractivity contribution is 9.08. The van der Waals surface area contributed by atoms with E-state index in [0.717, 1.165) is 16.6 Å². The molecule has 0 spiro atoms. The molecule has 0 saturated heterocycles. The van der Waals surface area contributed by atoms with Crippen molar-refractivity contribution in [1.29, 1.82) is 0 Å². The third-order valence-corrected chi connectivity index (χ3v) is 4.02. The molecule has 4 nitrogen and oxygen atoms in total. The summed E-state index contributed by atoms with van der Waals surface area (Å²) >= 11 is 3.38. The monoisotopic (exact) mass is 344 g/mol. The number of para-hydroxylation sites is 2. The van der Waals surface area contributed by atoms with Gasteiger partial charge in [0.2, 0.25) is 5.91 Å². The van der Waals surface area contributed by atoms with Gasteiger partial charge in [0.15, 0.2) is 0 Å². The number of rotatable bonds is 2. The van der Waals surface area contributed by atoms with Crippen LogP contribution in [0.15, 0.2) is 48.5 Å². The molecule has 0 atom stereocenters. The summed E-state index contributed by atoms with van der Waals surface area (Å²) in [4.78, 5) is 25.9. The van der Waals surface area contributed by atoms with Crippen LogP contribution in [0.4, 0.5) is 11.4 Å². The molecule has 21 heavy (non-hydrogen) atoms. The lowest BCUT2D eigenvalue weighted by Gasteiger charge is -2.29. The molecule has 106 valence electrons. The van der Waals surface area contributed by atoms with Gasteiger partial charge in [0.05, 0.1) is 11.4 Å².